The highest BCUT2D eigenvalue weighted by atomic mass is 16.6. The molecule has 1 aromatic rings. The van der Waals surface area contributed by atoms with Crippen LogP contribution in [-0.4, -0.2) is 52.0 Å². The Hall–Kier alpha value is -2.77. The standard InChI is InChI=1S/C15H16N4O4/c20-14-4-7-16-18(14)12-5-8-17(9-6-12)15(21)11-2-1-3-13(10-11)19(22)23/h1-3,7,10,12H,4-6,8-9H2. The molecule has 0 spiro atoms. The van der Waals surface area contributed by atoms with Gasteiger partial charge in [-0.05, 0) is 18.9 Å². The average Bonchev–Trinajstić information content (AvgIpc) is 3.00. The molecule has 0 atom stereocenters. The van der Waals surface area contributed by atoms with Crippen molar-refractivity contribution in [3.63, 3.8) is 0 Å². The van der Waals surface area contributed by atoms with Gasteiger partial charge in [-0.1, -0.05) is 6.07 Å². The van der Waals surface area contributed by atoms with E-state index in [1.165, 1.54) is 23.2 Å². The summed E-state index contributed by atoms with van der Waals surface area (Å²) in [6.45, 7) is 1.01. The molecule has 0 saturated carbocycles. The second-order valence-electron chi connectivity index (χ2n) is 5.57. The molecule has 1 saturated heterocycles. The first-order valence-electron chi connectivity index (χ1n) is 7.44. The lowest BCUT2D eigenvalue weighted by Crippen LogP contribution is -2.45. The lowest BCUT2D eigenvalue weighted by molar-refractivity contribution is -0.384. The van der Waals surface area contributed by atoms with Crippen molar-refractivity contribution in [1.29, 1.82) is 0 Å². The molecule has 0 N–H and O–H groups in total. The summed E-state index contributed by atoms with van der Waals surface area (Å²) in [5, 5.41) is 16.4. The number of likely N-dealkylation sites (tertiary alicyclic amines) is 1. The van der Waals surface area contributed by atoms with Crippen LogP contribution in [0.4, 0.5) is 5.69 Å². The summed E-state index contributed by atoms with van der Waals surface area (Å²) in [5.74, 6) is -0.225. The van der Waals surface area contributed by atoms with Gasteiger partial charge >= 0.3 is 0 Å². The minimum atomic E-state index is -0.514. The molecule has 120 valence electrons. The lowest BCUT2D eigenvalue weighted by Gasteiger charge is -2.34. The number of rotatable bonds is 3. The van der Waals surface area contributed by atoms with Gasteiger partial charge in [-0.25, -0.2) is 5.01 Å². The molecule has 8 nitrogen and oxygen atoms in total. The van der Waals surface area contributed by atoms with Crippen molar-refractivity contribution in [3.8, 4) is 0 Å². The molecule has 2 aliphatic heterocycles. The smallest absolute Gasteiger partial charge is 0.270 e. The first-order valence-corrected chi connectivity index (χ1v) is 7.44. The van der Waals surface area contributed by atoms with Crippen LogP contribution in [0.2, 0.25) is 0 Å². The van der Waals surface area contributed by atoms with Crippen molar-refractivity contribution >= 4 is 23.7 Å². The van der Waals surface area contributed by atoms with Crippen LogP contribution in [0.15, 0.2) is 29.4 Å². The fraction of sp³-hybridized carbons (Fsp3) is 0.400. The fourth-order valence-corrected chi connectivity index (χ4v) is 2.91. The van der Waals surface area contributed by atoms with Crippen molar-refractivity contribution in [3.05, 3.63) is 39.9 Å². The molecule has 0 aromatic heterocycles. The number of hydrogen-bond acceptors (Lipinski definition) is 5. The largest absolute Gasteiger partial charge is 0.338 e. The monoisotopic (exact) mass is 316 g/mol. The Morgan fingerprint density at radius 2 is 2.04 bits per heavy atom. The number of benzene rings is 1. The molecule has 0 aliphatic carbocycles. The zero-order valence-corrected chi connectivity index (χ0v) is 12.4. The molecule has 23 heavy (non-hydrogen) atoms. The maximum absolute atomic E-state index is 12.5. The van der Waals surface area contributed by atoms with E-state index in [4.69, 9.17) is 0 Å². The number of non-ortho nitro benzene ring substituents is 1. The summed E-state index contributed by atoms with van der Waals surface area (Å²) in [4.78, 5) is 36.1. The third-order valence-corrected chi connectivity index (χ3v) is 4.13. The average molecular weight is 316 g/mol. The first-order chi connectivity index (χ1) is 11.1. The molecule has 2 amide bonds. The van der Waals surface area contributed by atoms with Crippen LogP contribution in [0, 0.1) is 10.1 Å². The Labute approximate surface area is 132 Å². The van der Waals surface area contributed by atoms with E-state index in [-0.39, 0.29) is 23.5 Å². The molecule has 3 rings (SSSR count). The Kier molecular flexibility index (Phi) is 4.05. The van der Waals surface area contributed by atoms with Gasteiger partial charge in [-0.2, -0.15) is 5.10 Å². The highest BCUT2D eigenvalue weighted by Gasteiger charge is 2.31. The number of nitrogens with zero attached hydrogens (tertiary/aromatic N) is 4. The fourth-order valence-electron chi connectivity index (χ4n) is 2.91. The van der Waals surface area contributed by atoms with Crippen LogP contribution >= 0.6 is 0 Å². The Morgan fingerprint density at radius 1 is 1.30 bits per heavy atom. The van der Waals surface area contributed by atoms with Crippen LogP contribution in [0.5, 0.6) is 0 Å². The van der Waals surface area contributed by atoms with Crippen LogP contribution in [-0.2, 0) is 4.79 Å². The molecule has 8 heteroatoms. The summed E-state index contributed by atoms with van der Waals surface area (Å²) < 4.78 is 0. The zero-order valence-electron chi connectivity index (χ0n) is 12.4. The van der Waals surface area contributed by atoms with Crippen molar-refractivity contribution < 1.29 is 14.5 Å². The number of piperidine rings is 1. The van der Waals surface area contributed by atoms with Crippen LogP contribution in [0.1, 0.15) is 29.6 Å². The van der Waals surface area contributed by atoms with Gasteiger partial charge in [0.25, 0.3) is 11.6 Å². The predicted octanol–water partition coefficient (Wildman–Crippen LogP) is 1.42. The van der Waals surface area contributed by atoms with Crippen LogP contribution in [0.25, 0.3) is 0 Å². The number of carbonyl (C=O) groups excluding carboxylic acids is 2. The topological polar surface area (TPSA) is 96.1 Å². The molecular formula is C15H16N4O4. The van der Waals surface area contributed by atoms with Gasteiger partial charge in [0.15, 0.2) is 0 Å². The van der Waals surface area contributed by atoms with Gasteiger partial charge < -0.3 is 4.90 Å². The second-order valence-corrected chi connectivity index (χ2v) is 5.57. The maximum Gasteiger partial charge on any atom is 0.270 e. The molecule has 1 fully saturated rings. The third-order valence-electron chi connectivity index (χ3n) is 4.13. The highest BCUT2D eigenvalue weighted by molar-refractivity contribution is 5.95. The van der Waals surface area contributed by atoms with Gasteiger partial charge in [-0.3, -0.25) is 19.7 Å². The summed E-state index contributed by atoms with van der Waals surface area (Å²) in [7, 11) is 0. The number of amides is 2. The van der Waals surface area contributed by atoms with E-state index in [0.717, 1.165) is 0 Å². The van der Waals surface area contributed by atoms with Crippen molar-refractivity contribution in [2.75, 3.05) is 13.1 Å². The zero-order chi connectivity index (χ0) is 16.4. The van der Waals surface area contributed by atoms with Crippen molar-refractivity contribution in [2.24, 2.45) is 5.10 Å². The number of carbonyl (C=O) groups is 2. The SMILES string of the molecule is O=C(c1cccc([N+](=O)[O-])c1)N1CCC(N2N=CCC2=O)CC1. The summed E-state index contributed by atoms with van der Waals surface area (Å²) in [6, 6.07) is 5.77. The molecule has 0 radical (unpaired) electrons. The summed E-state index contributed by atoms with van der Waals surface area (Å²) in [5.41, 5.74) is 0.218. The predicted molar refractivity (Wildman–Crippen MR) is 82.0 cm³/mol. The van der Waals surface area contributed by atoms with Crippen molar-refractivity contribution in [1.82, 2.24) is 9.91 Å². The molecule has 0 bridgehead atoms. The lowest BCUT2D eigenvalue weighted by atomic mass is 10.0. The van der Waals surface area contributed by atoms with Crippen LogP contribution < -0.4 is 0 Å². The van der Waals surface area contributed by atoms with E-state index in [1.54, 1.807) is 17.2 Å². The Morgan fingerprint density at radius 3 is 2.65 bits per heavy atom. The Balaban J connectivity index is 1.64. The summed E-state index contributed by atoms with van der Waals surface area (Å²) in [6.07, 6.45) is 3.25. The molecule has 0 unspecified atom stereocenters. The maximum atomic E-state index is 12.5. The van der Waals surface area contributed by atoms with Gasteiger partial charge in [0, 0.05) is 37.0 Å². The molecule has 2 heterocycles. The Bertz CT molecular complexity index is 680. The van der Waals surface area contributed by atoms with E-state index >= 15 is 0 Å². The van der Waals surface area contributed by atoms with E-state index in [1.807, 2.05) is 0 Å². The molecule has 2 aliphatic rings. The number of hydrogen-bond donors (Lipinski definition) is 0. The van der Waals surface area contributed by atoms with Gasteiger partial charge in [-0.15, -0.1) is 0 Å². The highest BCUT2D eigenvalue weighted by Crippen LogP contribution is 2.22. The second kappa shape index (κ2) is 6.15. The molecule has 1 aromatic carbocycles. The quantitative estimate of drug-likeness (QED) is 0.622. The first kappa shape index (κ1) is 15.1. The van der Waals surface area contributed by atoms with Crippen molar-refractivity contribution in [2.45, 2.75) is 25.3 Å². The number of nitro benzene ring substituents is 1. The normalized spacial score (nSPS) is 18.5. The summed E-state index contributed by atoms with van der Waals surface area (Å²) >= 11 is 0. The van der Waals surface area contributed by atoms with Gasteiger partial charge in [0.2, 0.25) is 5.91 Å². The van der Waals surface area contributed by atoms with E-state index in [0.29, 0.717) is 37.9 Å². The van der Waals surface area contributed by atoms with E-state index < -0.39 is 4.92 Å². The van der Waals surface area contributed by atoms with Gasteiger partial charge in [0.05, 0.1) is 17.4 Å². The molecular weight excluding hydrogens is 300 g/mol. The minimum absolute atomic E-state index is 0.00605. The number of hydrazone groups is 1. The number of nitro groups is 1. The van der Waals surface area contributed by atoms with E-state index in [9.17, 15) is 19.7 Å². The third kappa shape index (κ3) is 3.05. The van der Waals surface area contributed by atoms with Gasteiger partial charge in [0.1, 0.15) is 0 Å². The van der Waals surface area contributed by atoms with E-state index in [2.05, 4.69) is 5.10 Å². The minimum Gasteiger partial charge on any atom is -0.338 e. The van der Waals surface area contributed by atoms with Crippen LogP contribution in [0.3, 0.4) is 0 Å².